The average molecular weight is 415 g/mol. The molecule has 1 unspecified atom stereocenters. The van der Waals surface area contributed by atoms with Crippen molar-refractivity contribution in [2.75, 3.05) is 26.2 Å². The van der Waals surface area contributed by atoms with Crippen molar-refractivity contribution < 1.29 is 19.1 Å². The van der Waals surface area contributed by atoms with Gasteiger partial charge >= 0.3 is 0 Å². The molecule has 0 bridgehead atoms. The van der Waals surface area contributed by atoms with Crippen LogP contribution in [0.15, 0.2) is 18.2 Å². The van der Waals surface area contributed by atoms with Crippen LogP contribution in [0, 0.1) is 0 Å². The molecule has 1 aromatic carbocycles. The SMILES string of the molecule is NCCCOC1CCN(Cc2ccc3c(c2)CN(C2CCC(=O)NC2=O)C3=O)CC1. The van der Waals surface area contributed by atoms with Crippen LogP contribution in [0.2, 0.25) is 0 Å². The molecule has 3 amide bonds. The van der Waals surface area contributed by atoms with E-state index in [-0.39, 0.29) is 24.1 Å². The van der Waals surface area contributed by atoms with Crippen LogP contribution in [0.5, 0.6) is 0 Å². The number of carbonyl (C=O) groups excluding carboxylic acids is 3. The molecule has 4 rings (SSSR count). The number of piperidine rings is 2. The molecule has 0 aliphatic carbocycles. The van der Waals surface area contributed by atoms with Gasteiger partial charge in [0, 0.05) is 44.8 Å². The van der Waals surface area contributed by atoms with Crippen LogP contribution in [-0.2, 0) is 27.4 Å². The molecule has 3 aliphatic heterocycles. The van der Waals surface area contributed by atoms with Gasteiger partial charge < -0.3 is 15.4 Å². The lowest BCUT2D eigenvalue weighted by atomic mass is 10.0. The highest BCUT2D eigenvalue weighted by Gasteiger charge is 2.39. The van der Waals surface area contributed by atoms with Crippen LogP contribution in [0.25, 0.3) is 0 Å². The minimum atomic E-state index is -0.565. The molecule has 3 N–H and O–H groups in total. The normalized spacial score (nSPS) is 23.0. The summed E-state index contributed by atoms with van der Waals surface area (Å²) in [5.74, 6) is -0.762. The lowest BCUT2D eigenvalue weighted by Crippen LogP contribution is -2.52. The fourth-order valence-electron chi connectivity index (χ4n) is 4.55. The van der Waals surface area contributed by atoms with Crippen molar-refractivity contribution in [3.05, 3.63) is 34.9 Å². The van der Waals surface area contributed by atoms with Gasteiger partial charge in [-0.05, 0) is 49.4 Å². The second-order valence-corrected chi connectivity index (χ2v) is 8.38. The van der Waals surface area contributed by atoms with Crippen molar-refractivity contribution in [1.82, 2.24) is 15.1 Å². The van der Waals surface area contributed by atoms with E-state index in [1.165, 1.54) is 5.56 Å². The second-order valence-electron chi connectivity index (χ2n) is 8.38. The van der Waals surface area contributed by atoms with Crippen LogP contribution in [0.4, 0.5) is 0 Å². The first-order valence-corrected chi connectivity index (χ1v) is 10.9. The molecule has 3 heterocycles. The molecule has 0 spiro atoms. The Labute approximate surface area is 176 Å². The van der Waals surface area contributed by atoms with Crippen molar-refractivity contribution in [2.24, 2.45) is 5.73 Å². The Morgan fingerprint density at radius 2 is 1.93 bits per heavy atom. The molecule has 8 heteroatoms. The fraction of sp³-hybridized carbons (Fsp3) is 0.591. The van der Waals surface area contributed by atoms with Crippen molar-refractivity contribution in [2.45, 2.75) is 57.3 Å². The number of rotatable bonds is 7. The summed E-state index contributed by atoms with van der Waals surface area (Å²) in [5, 5.41) is 2.34. The lowest BCUT2D eigenvalue weighted by molar-refractivity contribution is -0.136. The summed E-state index contributed by atoms with van der Waals surface area (Å²) in [6.45, 7) is 4.66. The maximum absolute atomic E-state index is 12.8. The quantitative estimate of drug-likeness (QED) is 0.505. The Balaban J connectivity index is 1.33. The zero-order valence-electron chi connectivity index (χ0n) is 17.3. The molecule has 8 nitrogen and oxygen atoms in total. The minimum Gasteiger partial charge on any atom is -0.378 e. The second kappa shape index (κ2) is 9.24. The summed E-state index contributed by atoms with van der Waals surface area (Å²) in [5.41, 5.74) is 8.32. The van der Waals surface area contributed by atoms with E-state index in [1.807, 2.05) is 12.1 Å². The molecular formula is C22H30N4O4. The van der Waals surface area contributed by atoms with Gasteiger partial charge in [-0.25, -0.2) is 0 Å². The number of nitrogens with zero attached hydrogens (tertiary/aromatic N) is 2. The summed E-state index contributed by atoms with van der Waals surface area (Å²) in [6.07, 6.45) is 3.94. The third-order valence-electron chi connectivity index (χ3n) is 6.23. The molecule has 0 radical (unpaired) electrons. The molecular weight excluding hydrogens is 384 g/mol. The maximum Gasteiger partial charge on any atom is 0.255 e. The van der Waals surface area contributed by atoms with Gasteiger partial charge in [-0.2, -0.15) is 0 Å². The highest BCUT2D eigenvalue weighted by Crippen LogP contribution is 2.29. The number of fused-ring (bicyclic) bond motifs is 1. The van der Waals surface area contributed by atoms with Gasteiger partial charge in [0.05, 0.1) is 6.10 Å². The molecule has 3 aliphatic rings. The summed E-state index contributed by atoms with van der Waals surface area (Å²) >= 11 is 0. The van der Waals surface area contributed by atoms with Crippen molar-refractivity contribution in [1.29, 1.82) is 0 Å². The first-order valence-electron chi connectivity index (χ1n) is 10.9. The monoisotopic (exact) mass is 414 g/mol. The predicted octanol–water partition coefficient (Wildman–Crippen LogP) is 0.777. The van der Waals surface area contributed by atoms with Crippen molar-refractivity contribution in [3.63, 3.8) is 0 Å². The molecule has 1 aromatic rings. The lowest BCUT2D eigenvalue weighted by Gasteiger charge is -2.32. The van der Waals surface area contributed by atoms with E-state index in [0.29, 0.717) is 31.2 Å². The number of hydrogen-bond donors (Lipinski definition) is 2. The summed E-state index contributed by atoms with van der Waals surface area (Å²) in [7, 11) is 0. The van der Waals surface area contributed by atoms with E-state index in [9.17, 15) is 14.4 Å². The Hall–Kier alpha value is -2.29. The van der Waals surface area contributed by atoms with Crippen LogP contribution in [-0.4, -0.2) is 65.9 Å². The summed E-state index contributed by atoms with van der Waals surface area (Å²) in [6, 6.07) is 5.41. The zero-order valence-corrected chi connectivity index (χ0v) is 17.3. The average Bonchev–Trinajstić information content (AvgIpc) is 3.05. The van der Waals surface area contributed by atoms with Gasteiger partial charge in [-0.3, -0.25) is 24.6 Å². The molecule has 162 valence electrons. The van der Waals surface area contributed by atoms with Gasteiger partial charge in [0.15, 0.2) is 0 Å². The van der Waals surface area contributed by atoms with Crippen LogP contribution < -0.4 is 11.1 Å². The van der Waals surface area contributed by atoms with E-state index in [4.69, 9.17) is 10.5 Å². The molecule has 0 aromatic heterocycles. The Kier molecular flexibility index (Phi) is 6.46. The van der Waals surface area contributed by atoms with Gasteiger partial charge in [-0.1, -0.05) is 12.1 Å². The molecule has 0 saturated carbocycles. The fourth-order valence-corrected chi connectivity index (χ4v) is 4.55. The highest BCUT2D eigenvalue weighted by molar-refractivity contribution is 6.05. The molecule has 30 heavy (non-hydrogen) atoms. The Bertz CT molecular complexity index is 819. The smallest absolute Gasteiger partial charge is 0.255 e. The van der Waals surface area contributed by atoms with E-state index in [2.05, 4.69) is 16.3 Å². The van der Waals surface area contributed by atoms with Gasteiger partial charge in [0.2, 0.25) is 11.8 Å². The Morgan fingerprint density at radius 1 is 1.13 bits per heavy atom. The standard InChI is InChI=1S/C22H30N4O4/c23-8-1-11-30-17-6-9-25(10-7-17)13-15-2-3-18-16(12-15)14-26(22(18)29)19-4-5-20(27)24-21(19)28/h2-3,12,17,19H,1,4-11,13-14,23H2,(H,24,27,28). The number of likely N-dealkylation sites (tertiary alicyclic amines) is 1. The number of benzene rings is 1. The van der Waals surface area contributed by atoms with Gasteiger partial charge in [-0.15, -0.1) is 0 Å². The third-order valence-corrected chi connectivity index (χ3v) is 6.23. The Morgan fingerprint density at radius 3 is 2.67 bits per heavy atom. The van der Waals surface area contributed by atoms with E-state index in [0.717, 1.165) is 51.1 Å². The number of nitrogens with one attached hydrogen (secondary N) is 1. The number of imide groups is 1. The van der Waals surface area contributed by atoms with Gasteiger partial charge in [0.25, 0.3) is 5.91 Å². The van der Waals surface area contributed by atoms with E-state index >= 15 is 0 Å². The highest BCUT2D eigenvalue weighted by atomic mass is 16.5. The third kappa shape index (κ3) is 4.55. The maximum atomic E-state index is 12.8. The van der Waals surface area contributed by atoms with Crippen molar-refractivity contribution in [3.8, 4) is 0 Å². The minimum absolute atomic E-state index is 0.124. The molecule has 2 fully saturated rings. The topological polar surface area (TPSA) is 105 Å². The largest absolute Gasteiger partial charge is 0.378 e. The number of ether oxygens (including phenoxy) is 1. The number of hydrogen-bond acceptors (Lipinski definition) is 6. The predicted molar refractivity (Wildman–Crippen MR) is 110 cm³/mol. The zero-order chi connectivity index (χ0) is 21.1. The van der Waals surface area contributed by atoms with E-state index in [1.54, 1.807) is 4.90 Å². The first-order chi connectivity index (χ1) is 14.5. The van der Waals surface area contributed by atoms with E-state index < -0.39 is 6.04 Å². The van der Waals surface area contributed by atoms with Crippen LogP contribution in [0.3, 0.4) is 0 Å². The number of carbonyl (C=O) groups is 3. The van der Waals surface area contributed by atoms with Crippen LogP contribution >= 0.6 is 0 Å². The van der Waals surface area contributed by atoms with Crippen molar-refractivity contribution >= 4 is 17.7 Å². The summed E-state index contributed by atoms with van der Waals surface area (Å²) in [4.78, 5) is 40.4. The van der Waals surface area contributed by atoms with Crippen LogP contribution in [0.1, 0.15) is 53.6 Å². The first kappa shape index (κ1) is 21.0. The molecule has 1 atom stereocenters. The van der Waals surface area contributed by atoms with Gasteiger partial charge in [0.1, 0.15) is 6.04 Å². The summed E-state index contributed by atoms with van der Waals surface area (Å²) < 4.78 is 5.88. The number of nitrogens with two attached hydrogens (primary N) is 1. The number of amides is 3. The molecule has 2 saturated heterocycles.